The van der Waals surface area contributed by atoms with Crippen LogP contribution in [0.25, 0.3) is 0 Å². The monoisotopic (exact) mass is 523 g/mol. The number of ether oxygens (including phenoxy) is 1. The standard InChI is InChI=1S/C28H37N5O5/c1-3-4-5-20-22-21(19(29)12-30-20)23(34)33(24(22)35)18-6-9-27(10-7-18)15-28(16-27)25(36)31(2)26(37)32(28)13-17-8-11-38-14-17/h12,17-18H,3-11,13-16,29H2,1-2H3/t17-,18?,27?,28?/m1/s1. The molecule has 4 heterocycles. The maximum Gasteiger partial charge on any atom is 0.327 e. The van der Waals surface area contributed by atoms with Crippen molar-refractivity contribution in [1.29, 1.82) is 0 Å². The second kappa shape index (κ2) is 9.03. The lowest BCUT2D eigenvalue weighted by Gasteiger charge is -2.59. The van der Waals surface area contributed by atoms with Crippen molar-refractivity contribution >= 4 is 29.4 Å². The zero-order chi connectivity index (χ0) is 26.8. The second-order valence-electron chi connectivity index (χ2n) is 12.1. The number of hydrogen-bond donors (Lipinski definition) is 1. The molecule has 2 aliphatic carbocycles. The van der Waals surface area contributed by atoms with E-state index in [1.807, 2.05) is 4.90 Å². The molecule has 2 saturated heterocycles. The summed E-state index contributed by atoms with van der Waals surface area (Å²) in [5.41, 5.74) is 6.93. The summed E-state index contributed by atoms with van der Waals surface area (Å²) >= 11 is 0. The van der Waals surface area contributed by atoms with Crippen LogP contribution in [0.4, 0.5) is 10.5 Å². The van der Waals surface area contributed by atoms with Crippen LogP contribution in [0.15, 0.2) is 6.20 Å². The van der Waals surface area contributed by atoms with E-state index in [4.69, 9.17) is 10.5 Å². The van der Waals surface area contributed by atoms with Gasteiger partial charge >= 0.3 is 6.03 Å². The van der Waals surface area contributed by atoms with Crippen LogP contribution >= 0.6 is 0 Å². The van der Waals surface area contributed by atoms with Crippen LogP contribution in [-0.4, -0.2) is 81.8 Å². The van der Waals surface area contributed by atoms with Crippen LogP contribution in [0.5, 0.6) is 0 Å². The zero-order valence-electron chi connectivity index (χ0n) is 22.3. The zero-order valence-corrected chi connectivity index (χ0v) is 22.3. The molecule has 4 fully saturated rings. The van der Waals surface area contributed by atoms with Crippen LogP contribution in [0.1, 0.15) is 91.1 Å². The van der Waals surface area contributed by atoms with E-state index in [0.717, 1.165) is 32.1 Å². The Hall–Kier alpha value is -3.01. The predicted octanol–water partition coefficient (Wildman–Crippen LogP) is 2.99. The third kappa shape index (κ3) is 3.59. The number of urea groups is 1. The van der Waals surface area contributed by atoms with Gasteiger partial charge in [-0.1, -0.05) is 13.3 Å². The van der Waals surface area contributed by atoms with Crippen LogP contribution in [0.3, 0.4) is 0 Å². The van der Waals surface area contributed by atoms with Gasteiger partial charge in [0.25, 0.3) is 17.7 Å². The number of hydrogen-bond acceptors (Lipinski definition) is 7. The third-order valence-electron chi connectivity index (χ3n) is 9.74. The summed E-state index contributed by atoms with van der Waals surface area (Å²) < 4.78 is 5.51. The number of likely N-dealkylation sites (N-methyl/N-ethyl adjacent to an activating group) is 1. The van der Waals surface area contributed by atoms with Gasteiger partial charge in [-0.25, -0.2) is 4.79 Å². The number of pyridine rings is 1. The average molecular weight is 524 g/mol. The summed E-state index contributed by atoms with van der Waals surface area (Å²) in [5, 5.41) is 0. The van der Waals surface area contributed by atoms with Gasteiger partial charge in [0.1, 0.15) is 5.54 Å². The molecule has 5 amide bonds. The lowest BCUT2D eigenvalue weighted by Crippen LogP contribution is -2.65. The number of nitrogens with two attached hydrogens (primary N) is 1. The van der Waals surface area contributed by atoms with Gasteiger partial charge in [-0.3, -0.25) is 29.2 Å². The van der Waals surface area contributed by atoms with Crippen molar-refractivity contribution < 1.29 is 23.9 Å². The van der Waals surface area contributed by atoms with Crippen molar-refractivity contribution in [3.63, 3.8) is 0 Å². The van der Waals surface area contributed by atoms with E-state index in [-0.39, 0.29) is 46.8 Å². The van der Waals surface area contributed by atoms with E-state index in [2.05, 4.69) is 11.9 Å². The summed E-state index contributed by atoms with van der Waals surface area (Å²) in [4.78, 5) is 62.1. The molecule has 38 heavy (non-hydrogen) atoms. The summed E-state index contributed by atoms with van der Waals surface area (Å²) in [5.74, 6) is -0.417. The van der Waals surface area contributed by atoms with E-state index in [1.165, 1.54) is 16.0 Å². The number of amides is 5. The van der Waals surface area contributed by atoms with Crippen LogP contribution in [-0.2, 0) is 16.0 Å². The van der Waals surface area contributed by atoms with Crippen molar-refractivity contribution in [3.05, 3.63) is 23.0 Å². The molecule has 0 aromatic carbocycles. The fraction of sp³-hybridized carbons (Fsp3) is 0.679. The minimum atomic E-state index is -0.759. The summed E-state index contributed by atoms with van der Waals surface area (Å²) in [6, 6.07) is -0.403. The number of anilines is 1. The van der Waals surface area contributed by atoms with E-state index < -0.39 is 5.54 Å². The minimum absolute atomic E-state index is 0.0480. The van der Waals surface area contributed by atoms with Gasteiger partial charge in [-0.15, -0.1) is 0 Å². The van der Waals surface area contributed by atoms with Crippen LogP contribution < -0.4 is 5.73 Å². The minimum Gasteiger partial charge on any atom is -0.397 e. The fourth-order valence-corrected chi connectivity index (χ4v) is 7.70. The Kier molecular flexibility index (Phi) is 6.01. The van der Waals surface area contributed by atoms with Gasteiger partial charge < -0.3 is 15.4 Å². The molecular formula is C28H37N5O5. The molecule has 2 saturated carbocycles. The van der Waals surface area contributed by atoms with E-state index in [0.29, 0.717) is 68.7 Å². The van der Waals surface area contributed by atoms with Gasteiger partial charge in [0.15, 0.2) is 0 Å². The van der Waals surface area contributed by atoms with Crippen LogP contribution in [0, 0.1) is 11.3 Å². The van der Waals surface area contributed by atoms with Gasteiger partial charge in [0.2, 0.25) is 0 Å². The number of aryl methyl sites for hydroxylation is 1. The highest BCUT2D eigenvalue weighted by molar-refractivity contribution is 6.24. The quantitative estimate of drug-likeness (QED) is 0.449. The number of imide groups is 2. The predicted molar refractivity (Wildman–Crippen MR) is 138 cm³/mol. The normalized spacial score (nSPS) is 32.7. The molecule has 1 aromatic rings. The molecule has 2 spiro atoms. The van der Waals surface area contributed by atoms with E-state index in [9.17, 15) is 19.2 Å². The highest BCUT2D eigenvalue weighted by Crippen LogP contribution is 2.61. The number of fused-ring (bicyclic) bond motifs is 1. The number of aromatic nitrogens is 1. The summed E-state index contributed by atoms with van der Waals surface area (Å²) in [6.45, 7) is 3.96. The Morgan fingerprint density at radius 2 is 1.79 bits per heavy atom. The highest BCUT2D eigenvalue weighted by atomic mass is 16.5. The Labute approximate surface area is 222 Å². The molecule has 1 atom stereocenters. The number of nitrogens with zero attached hydrogens (tertiary/aromatic N) is 4. The number of unbranched alkanes of at least 4 members (excludes halogenated alkanes) is 1. The molecule has 2 N–H and O–H groups in total. The molecule has 5 aliphatic rings. The van der Waals surface area contributed by atoms with Gasteiger partial charge in [-0.2, -0.15) is 0 Å². The number of carbonyl (C=O) groups excluding carboxylic acids is 4. The van der Waals surface area contributed by atoms with Crippen LogP contribution in [0.2, 0.25) is 0 Å². The number of nitrogen functional groups attached to an aromatic ring is 1. The first kappa shape index (κ1) is 25.3. The molecule has 1 aromatic heterocycles. The molecule has 10 nitrogen and oxygen atoms in total. The first-order valence-corrected chi connectivity index (χ1v) is 14.0. The van der Waals surface area contributed by atoms with Crippen molar-refractivity contribution in [2.75, 3.05) is 32.5 Å². The van der Waals surface area contributed by atoms with Gasteiger partial charge in [0, 0.05) is 32.2 Å². The summed E-state index contributed by atoms with van der Waals surface area (Å²) in [6.07, 6.45) is 9.21. The highest BCUT2D eigenvalue weighted by Gasteiger charge is 2.68. The SMILES string of the molecule is CCCCc1ncc(N)c2c1C(=O)N(C1CCC3(CC1)CC1(C3)C(=O)N(C)C(=O)N1C[C@H]1CCOC1)C2=O. The Balaban J connectivity index is 1.16. The molecule has 6 rings (SSSR count). The smallest absolute Gasteiger partial charge is 0.327 e. The Morgan fingerprint density at radius 1 is 1.08 bits per heavy atom. The molecule has 0 radical (unpaired) electrons. The van der Waals surface area contributed by atoms with Gasteiger partial charge in [-0.05, 0) is 63.2 Å². The number of carbonyl (C=O) groups is 4. The molecule has 0 unspecified atom stereocenters. The largest absolute Gasteiger partial charge is 0.397 e. The third-order valence-corrected chi connectivity index (χ3v) is 9.74. The van der Waals surface area contributed by atoms with E-state index >= 15 is 0 Å². The first-order valence-electron chi connectivity index (χ1n) is 14.0. The lowest BCUT2D eigenvalue weighted by atomic mass is 9.51. The molecule has 204 valence electrons. The van der Waals surface area contributed by atoms with Crippen molar-refractivity contribution in [2.45, 2.75) is 82.7 Å². The van der Waals surface area contributed by atoms with Gasteiger partial charge in [0.05, 0.1) is 35.3 Å². The maximum absolute atomic E-state index is 13.5. The molecule has 10 heteroatoms. The topological polar surface area (TPSA) is 126 Å². The van der Waals surface area contributed by atoms with Crippen molar-refractivity contribution in [1.82, 2.24) is 19.7 Å². The Morgan fingerprint density at radius 3 is 2.45 bits per heavy atom. The first-order chi connectivity index (χ1) is 18.2. The summed E-state index contributed by atoms with van der Waals surface area (Å²) in [7, 11) is 1.58. The lowest BCUT2D eigenvalue weighted by molar-refractivity contribution is -0.150. The molecule has 3 aliphatic heterocycles. The molecular weight excluding hydrogens is 486 g/mol. The fourth-order valence-electron chi connectivity index (χ4n) is 7.70. The maximum atomic E-state index is 13.5. The second-order valence-corrected chi connectivity index (χ2v) is 12.1. The Bertz CT molecular complexity index is 1190. The van der Waals surface area contributed by atoms with Crippen molar-refractivity contribution in [3.8, 4) is 0 Å². The van der Waals surface area contributed by atoms with E-state index in [1.54, 1.807) is 7.05 Å². The average Bonchev–Trinajstić information content (AvgIpc) is 3.54. The molecule has 0 bridgehead atoms. The van der Waals surface area contributed by atoms with Crippen molar-refractivity contribution in [2.24, 2.45) is 11.3 Å². The number of rotatable bonds is 6.